The molecule has 3 nitrogen and oxygen atoms in total. The molecule has 0 aromatic carbocycles. The molecule has 20 heavy (non-hydrogen) atoms. The van der Waals surface area contributed by atoms with Gasteiger partial charge in [-0.1, -0.05) is 13.8 Å². The maximum atomic E-state index is 5.68. The predicted octanol–water partition coefficient (Wildman–Crippen LogP) is 3.35. The molecule has 114 valence electrons. The monoisotopic (exact) mass is 360 g/mol. The smallest absolute Gasteiger partial charge is 0.0701 e. The molecule has 0 bridgehead atoms. The Hall–Kier alpha value is 0.0600. The third-order valence-electron chi connectivity index (χ3n) is 3.75. The molecule has 1 aliphatic rings. The molecule has 1 saturated heterocycles. The number of hydrogen-bond acceptors (Lipinski definition) is 4. The number of ether oxygens (including phenoxy) is 1. The van der Waals surface area contributed by atoms with Gasteiger partial charge in [-0.15, -0.1) is 11.3 Å². The van der Waals surface area contributed by atoms with Crippen LogP contribution in [0, 0.1) is 5.41 Å². The fraction of sp³-hybridized carbons (Fsp3) is 0.733. The van der Waals surface area contributed by atoms with Crippen molar-refractivity contribution < 1.29 is 4.74 Å². The van der Waals surface area contributed by atoms with Gasteiger partial charge in [0.1, 0.15) is 0 Å². The quantitative estimate of drug-likeness (QED) is 0.806. The van der Waals surface area contributed by atoms with Crippen molar-refractivity contribution >= 4 is 27.3 Å². The van der Waals surface area contributed by atoms with E-state index in [-0.39, 0.29) is 5.41 Å². The predicted molar refractivity (Wildman–Crippen MR) is 89.4 cm³/mol. The van der Waals surface area contributed by atoms with Gasteiger partial charge >= 0.3 is 0 Å². The standard InChI is InChI=1S/C15H25BrN2OS/c1-12(2)17-9-15(4-5-19-11-15)10-18(3)7-13-6-14(16)20-8-13/h6,8,12,17H,4-5,7,9-11H2,1-3H3. The van der Waals surface area contributed by atoms with E-state index in [1.807, 2.05) is 0 Å². The van der Waals surface area contributed by atoms with Gasteiger partial charge in [-0.3, -0.25) is 0 Å². The highest BCUT2D eigenvalue weighted by molar-refractivity contribution is 9.11. The second-order valence-corrected chi connectivity index (χ2v) is 8.56. The van der Waals surface area contributed by atoms with Crippen molar-refractivity contribution in [3.05, 3.63) is 20.8 Å². The van der Waals surface area contributed by atoms with Crippen LogP contribution in [-0.4, -0.2) is 44.3 Å². The average molecular weight is 361 g/mol. The van der Waals surface area contributed by atoms with Crippen LogP contribution in [0.5, 0.6) is 0 Å². The lowest BCUT2D eigenvalue weighted by Gasteiger charge is -2.33. The lowest BCUT2D eigenvalue weighted by molar-refractivity contribution is 0.115. The van der Waals surface area contributed by atoms with Crippen LogP contribution in [0.3, 0.4) is 0 Å². The molecule has 0 aliphatic carbocycles. The molecule has 2 rings (SSSR count). The molecule has 0 spiro atoms. The summed E-state index contributed by atoms with van der Waals surface area (Å²) in [7, 11) is 2.21. The first-order valence-corrected chi connectivity index (χ1v) is 8.89. The van der Waals surface area contributed by atoms with Gasteiger partial charge in [0.25, 0.3) is 0 Å². The van der Waals surface area contributed by atoms with Crippen molar-refractivity contribution in [2.24, 2.45) is 5.41 Å². The molecule has 0 saturated carbocycles. The molecule has 0 radical (unpaired) electrons. The summed E-state index contributed by atoms with van der Waals surface area (Å²) < 4.78 is 6.89. The summed E-state index contributed by atoms with van der Waals surface area (Å²) >= 11 is 5.29. The molecule has 1 fully saturated rings. The van der Waals surface area contributed by atoms with Crippen molar-refractivity contribution in [1.29, 1.82) is 0 Å². The number of thiophene rings is 1. The Bertz CT molecular complexity index is 416. The minimum atomic E-state index is 0.270. The highest BCUT2D eigenvalue weighted by Gasteiger charge is 2.35. The van der Waals surface area contributed by atoms with E-state index in [1.54, 1.807) is 11.3 Å². The second-order valence-electron chi connectivity index (χ2n) is 6.27. The summed E-state index contributed by atoms with van der Waals surface area (Å²) in [6.45, 7) is 9.32. The van der Waals surface area contributed by atoms with Crippen molar-refractivity contribution in [3.63, 3.8) is 0 Å². The zero-order valence-electron chi connectivity index (χ0n) is 12.6. The van der Waals surface area contributed by atoms with Gasteiger partial charge in [-0.25, -0.2) is 0 Å². The van der Waals surface area contributed by atoms with Gasteiger partial charge in [0, 0.05) is 37.7 Å². The third-order valence-corrected chi connectivity index (χ3v) is 5.30. The Morgan fingerprint density at radius 2 is 2.35 bits per heavy atom. The molecule has 1 atom stereocenters. The molecule has 1 aromatic rings. The van der Waals surface area contributed by atoms with E-state index in [4.69, 9.17) is 4.74 Å². The molecule has 1 N–H and O–H groups in total. The molecule has 0 amide bonds. The van der Waals surface area contributed by atoms with E-state index in [0.29, 0.717) is 6.04 Å². The first kappa shape index (κ1) is 16.4. The van der Waals surface area contributed by atoms with Crippen molar-refractivity contribution in [2.45, 2.75) is 32.9 Å². The first-order chi connectivity index (χ1) is 9.49. The number of halogens is 1. The summed E-state index contributed by atoms with van der Waals surface area (Å²) in [5.41, 5.74) is 1.65. The Morgan fingerprint density at radius 1 is 1.55 bits per heavy atom. The van der Waals surface area contributed by atoms with Crippen LogP contribution in [0.2, 0.25) is 0 Å². The van der Waals surface area contributed by atoms with Crippen LogP contribution in [0.1, 0.15) is 25.8 Å². The van der Waals surface area contributed by atoms with Gasteiger partial charge in [0.15, 0.2) is 0 Å². The normalized spacial score (nSPS) is 23.1. The summed E-state index contributed by atoms with van der Waals surface area (Å²) in [5, 5.41) is 5.82. The highest BCUT2D eigenvalue weighted by atomic mass is 79.9. The second kappa shape index (κ2) is 7.36. The zero-order chi connectivity index (χ0) is 14.6. The fourth-order valence-electron chi connectivity index (χ4n) is 2.76. The SMILES string of the molecule is CC(C)NCC1(CN(C)Cc2csc(Br)c2)CCOC1. The van der Waals surface area contributed by atoms with Crippen molar-refractivity contribution in [1.82, 2.24) is 10.2 Å². The summed E-state index contributed by atoms with van der Waals surface area (Å²) in [6, 6.07) is 2.75. The maximum Gasteiger partial charge on any atom is 0.0701 e. The van der Waals surface area contributed by atoms with E-state index < -0.39 is 0 Å². The minimum Gasteiger partial charge on any atom is -0.381 e. The van der Waals surface area contributed by atoms with Crippen LogP contribution in [0.25, 0.3) is 0 Å². The summed E-state index contributed by atoms with van der Waals surface area (Å²) in [5.74, 6) is 0. The highest BCUT2D eigenvalue weighted by Crippen LogP contribution is 2.30. The third kappa shape index (κ3) is 4.81. The van der Waals surface area contributed by atoms with Crippen LogP contribution in [-0.2, 0) is 11.3 Å². The van der Waals surface area contributed by atoms with Crippen LogP contribution in [0.4, 0.5) is 0 Å². The van der Waals surface area contributed by atoms with Crippen molar-refractivity contribution in [2.75, 3.05) is 33.4 Å². The number of nitrogens with one attached hydrogen (secondary N) is 1. The molecular weight excluding hydrogens is 336 g/mol. The number of rotatable bonds is 7. The van der Waals surface area contributed by atoms with Gasteiger partial charge in [-0.05, 0) is 46.4 Å². The van der Waals surface area contributed by atoms with E-state index in [0.717, 1.165) is 39.3 Å². The Labute approximate surface area is 134 Å². The Balaban J connectivity index is 1.90. The van der Waals surface area contributed by atoms with E-state index >= 15 is 0 Å². The molecule has 1 aliphatic heterocycles. The molecule has 2 heterocycles. The van der Waals surface area contributed by atoms with Gasteiger partial charge in [0.2, 0.25) is 0 Å². The van der Waals surface area contributed by atoms with Crippen molar-refractivity contribution in [3.8, 4) is 0 Å². The molecule has 1 unspecified atom stereocenters. The summed E-state index contributed by atoms with van der Waals surface area (Å²) in [6.07, 6.45) is 1.16. The minimum absolute atomic E-state index is 0.270. The van der Waals surface area contributed by atoms with E-state index in [2.05, 4.69) is 58.5 Å². The topological polar surface area (TPSA) is 24.5 Å². The van der Waals surface area contributed by atoms with Gasteiger partial charge < -0.3 is 15.0 Å². The molecular formula is C15H25BrN2OS. The molecule has 5 heteroatoms. The van der Waals surface area contributed by atoms with Gasteiger partial charge in [-0.2, -0.15) is 0 Å². The van der Waals surface area contributed by atoms with E-state index in [1.165, 1.54) is 9.35 Å². The average Bonchev–Trinajstić information content (AvgIpc) is 2.97. The van der Waals surface area contributed by atoms with Gasteiger partial charge in [0.05, 0.1) is 10.4 Å². The zero-order valence-corrected chi connectivity index (χ0v) is 15.0. The largest absolute Gasteiger partial charge is 0.381 e. The maximum absolute atomic E-state index is 5.68. The van der Waals surface area contributed by atoms with Crippen LogP contribution >= 0.6 is 27.3 Å². The van der Waals surface area contributed by atoms with E-state index in [9.17, 15) is 0 Å². The summed E-state index contributed by atoms with van der Waals surface area (Å²) in [4.78, 5) is 2.42. The molecule has 1 aromatic heterocycles. The Kier molecular flexibility index (Phi) is 6.05. The number of hydrogen-bond donors (Lipinski definition) is 1. The lowest BCUT2D eigenvalue weighted by Crippen LogP contribution is -2.45. The Morgan fingerprint density at radius 3 is 2.90 bits per heavy atom. The fourth-order valence-corrected chi connectivity index (χ4v) is 3.96. The lowest BCUT2D eigenvalue weighted by atomic mass is 9.86. The van der Waals surface area contributed by atoms with Crippen LogP contribution in [0.15, 0.2) is 15.2 Å². The van der Waals surface area contributed by atoms with Crippen LogP contribution < -0.4 is 5.32 Å². The first-order valence-electron chi connectivity index (χ1n) is 7.22. The number of nitrogens with zero attached hydrogens (tertiary/aromatic N) is 1.